The lowest BCUT2D eigenvalue weighted by Crippen LogP contribution is -2.49. The molecule has 0 bridgehead atoms. The first-order valence-electron chi connectivity index (χ1n) is 10.7. The molecule has 6 nitrogen and oxygen atoms in total. The molecule has 0 aromatic heterocycles. The molecule has 2 aromatic rings. The van der Waals surface area contributed by atoms with Crippen molar-refractivity contribution in [2.24, 2.45) is 0 Å². The number of amides is 1. The molecule has 1 saturated heterocycles. The predicted molar refractivity (Wildman–Crippen MR) is 121 cm³/mol. The summed E-state index contributed by atoms with van der Waals surface area (Å²) in [7, 11) is 0. The number of hydrogen-bond acceptors (Lipinski definition) is 5. The highest BCUT2D eigenvalue weighted by molar-refractivity contribution is 5.93. The van der Waals surface area contributed by atoms with Crippen LogP contribution in [0.5, 0.6) is 11.5 Å². The highest BCUT2D eigenvalue weighted by Crippen LogP contribution is 2.19. The first-order valence-corrected chi connectivity index (χ1v) is 10.7. The standard InChI is InChI=1S/C24H33N3O3/c1-4-29-21-8-10-22(11-9-21)30-17-16-26-12-14-27(15-13-26)18-23(28)25-24-19(2)6-5-7-20(24)3/h5-11H,4,12-18H2,1-3H3,(H,25,28). The molecule has 3 rings (SSSR count). The van der Waals surface area contributed by atoms with E-state index < -0.39 is 0 Å². The maximum absolute atomic E-state index is 12.5. The maximum Gasteiger partial charge on any atom is 0.238 e. The Morgan fingerprint density at radius 2 is 1.47 bits per heavy atom. The van der Waals surface area contributed by atoms with E-state index in [-0.39, 0.29) is 5.91 Å². The molecule has 30 heavy (non-hydrogen) atoms. The number of aryl methyl sites for hydroxylation is 2. The van der Waals surface area contributed by atoms with Crippen LogP contribution >= 0.6 is 0 Å². The number of hydrogen-bond donors (Lipinski definition) is 1. The van der Waals surface area contributed by atoms with Crippen LogP contribution in [0.4, 0.5) is 5.69 Å². The van der Waals surface area contributed by atoms with Crippen molar-refractivity contribution in [1.82, 2.24) is 9.80 Å². The molecule has 1 aliphatic heterocycles. The Morgan fingerprint density at radius 1 is 0.900 bits per heavy atom. The van der Waals surface area contributed by atoms with Crippen LogP contribution in [-0.2, 0) is 4.79 Å². The SMILES string of the molecule is CCOc1ccc(OCCN2CCN(CC(=O)Nc3c(C)cccc3C)CC2)cc1. The summed E-state index contributed by atoms with van der Waals surface area (Å²) in [5.41, 5.74) is 3.13. The number of anilines is 1. The second-order valence-corrected chi connectivity index (χ2v) is 7.69. The average molecular weight is 412 g/mol. The lowest BCUT2D eigenvalue weighted by atomic mass is 10.1. The summed E-state index contributed by atoms with van der Waals surface area (Å²) in [6.45, 7) is 12.3. The fourth-order valence-electron chi connectivity index (χ4n) is 3.66. The summed E-state index contributed by atoms with van der Waals surface area (Å²) in [5, 5.41) is 3.08. The predicted octanol–water partition coefficient (Wildman–Crippen LogP) is 3.34. The van der Waals surface area contributed by atoms with E-state index in [2.05, 4.69) is 15.1 Å². The Kier molecular flexibility index (Phi) is 8.11. The number of benzene rings is 2. The van der Waals surface area contributed by atoms with Gasteiger partial charge >= 0.3 is 0 Å². The fourth-order valence-corrected chi connectivity index (χ4v) is 3.66. The first kappa shape index (κ1) is 22.1. The zero-order chi connectivity index (χ0) is 21.3. The minimum atomic E-state index is 0.0553. The molecule has 162 valence electrons. The first-order chi connectivity index (χ1) is 14.5. The molecule has 0 saturated carbocycles. The molecule has 1 fully saturated rings. The number of ether oxygens (including phenoxy) is 2. The molecule has 1 heterocycles. The number of carbonyl (C=O) groups is 1. The number of nitrogens with one attached hydrogen (secondary N) is 1. The van der Waals surface area contributed by atoms with E-state index in [9.17, 15) is 4.79 Å². The second kappa shape index (κ2) is 11.0. The Balaban J connectivity index is 1.35. The smallest absolute Gasteiger partial charge is 0.238 e. The van der Waals surface area contributed by atoms with E-state index >= 15 is 0 Å². The fraction of sp³-hybridized carbons (Fsp3) is 0.458. The summed E-state index contributed by atoms with van der Waals surface area (Å²) in [6, 6.07) is 13.8. The molecule has 0 spiro atoms. The molecule has 0 unspecified atom stereocenters. The minimum Gasteiger partial charge on any atom is -0.494 e. The topological polar surface area (TPSA) is 54.0 Å². The Hall–Kier alpha value is -2.57. The van der Waals surface area contributed by atoms with Crippen LogP contribution in [0, 0.1) is 13.8 Å². The third-order valence-electron chi connectivity index (χ3n) is 5.39. The van der Waals surface area contributed by atoms with Crippen molar-refractivity contribution in [3.63, 3.8) is 0 Å². The summed E-state index contributed by atoms with van der Waals surface area (Å²) >= 11 is 0. The van der Waals surface area contributed by atoms with E-state index in [1.807, 2.05) is 63.2 Å². The number of rotatable bonds is 9. The molecule has 6 heteroatoms. The molecular formula is C24H33N3O3. The molecule has 2 aromatic carbocycles. The monoisotopic (exact) mass is 411 g/mol. The number of para-hydroxylation sites is 1. The van der Waals surface area contributed by atoms with Gasteiger partial charge in [0.25, 0.3) is 0 Å². The van der Waals surface area contributed by atoms with Gasteiger partial charge in [0.15, 0.2) is 0 Å². The van der Waals surface area contributed by atoms with Gasteiger partial charge in [0.1, 0.15) is 18.1 Å². The van der Waals surface area contributed by atoms with Crippen molar-refractivity contribution in [1.29, 1.82) is 0 Å². The van der Waals surface area contributed by atoms with Gasteiger partial charge in [-0.1, -0.05) is 18.2 Å². The second-order valence-electron chi connectivity index (χ2n) is 7.69. The van der Waals surface area contributed by atoms with Gasteiger partial charge in [0.05, 0.1) is 13.2 Å². The summed E-state index contributed by atoms with van der Waals surface area (Å²) in [4.78, 5) is 17.1. The third kappa shape index (κ3) is 6.47. The quantitative estimate of drug-likeness (QED) is 0.686. The molecule has 0 radical (unpaired) electrons. The lowest BCUT2D eigenvalue weighted by molar-refractivity contribution is -0.117. The van der Waals surface area contributed by atoms with Crippen LogP contribution in [0.2, 0.25) is 0 Å². The zero-order valence-corrected chi connectivity index (χ0v) is 18.3. The van der Waals surface area contributed by atoms with Gasteiger partial charge in [-0.25, -0.2) is 0 Å². The third-order valence-corrected chi connectivity index (χ3v) is 5.39. The van der Waals surface area contributed by atoms with Crippen LogP contribution in [0.25, 0.3) is 0 Å². The van der Waals surface area contributed by atoms with Crippen molar-refractivity contribution in [2.75, 3.05) is 57.8 Å². The average Bonchev–Trinajstić information content (AvgIpc) is 2.74. The zero-order valence-electron chi connectivity index (χ0n) is 18.3. The van der Waals surface area contributed by atoms with Crippen LogP contribution < -0.4 is 14.8 Å². The van der Waals surface area contributed by atoms with Crippen molar-refractivity contribution >= 4 is 11.6 Å². The molecule has 1 aliphatic rings. The lowest BCUT2D eigenvalue weighted by Gasteiger charge is -2.34. The van der Waals surface area contributed by atoms with E-state index in [0.29, 0.717) is 19.8 Å². The number of piperazine rings is 1. The summed E-state index contributed by atoms with van der Waals surface area (Å²) < 4.78 is 11.3. The summed E-state index contributed by atoms with van der Waals surface area (Å²) in [5.74, 6) is 1.78. The molecular weight excluding hydrogens is 378 g/mol. The van der Waals surface area contributed by atoms with E-state index in [0.717, 1.165) is 61.0 Å². The van der Waals surface area contributed by atoms with Crippen molar-refractivity contribution in [2.45, 2.75) is 20.8 Å². The van der Waals surface area contributed by atoms with Crippen LogP contribution in [-0.4, -0.2) is 68.2 Å². The van der Waals surface area contributed by atoms with Crippen LogP contribution in [0.3, 0.4) is 0 Å². The minimum absolute atomic E-state index is 0.0553. The maximum atomic E-state index is 12.5. The Labute approximate surface area is 179 Å². The Bertz CT molecular complexity index is 795. The van der Waals surface area contributed by atoms with Gasteiger partial charge in [-0.05, 0) is 56.2 Å². The van der Waals surface area contributed by atoms with E-state index in [1.54, 1.807) is 0 Å². The molecule has 1 amide bonds. The van der Waals surface area contributed by atoms with Crippen molar-refractivity contribution in [3.8, 4) is 11.5 Å². The van der Waals surface area contributed by atoms with Gasteiger partial charge in [-0.2, -0.15) is 0 Å². The van der Waals surface area contributed by atoms with E-state index in [4.69, 9.17) is 9.47 Å². The molecule has 0 atom stereocenters. The molecule has 0 aliphatic carbocycles. The Morgan fingerprint density at radius 3 is 2.07 bits per heavy atom. The normalized spacial score (nSPS) is 15.0. The summed E-state index contributed by atoms with van der Waals surface area (Å²) in [6.07, 6.45) is 0. The highest BCUT2D eigenvalue weighted by Gasteiger charge is 2.19. The number of carbonyl (C=O) groups excluding carboxylic acids is 1. The van der Waals surface area contributed by atoms with Crippen molar-refractivity contribution < 1.29 is 14.3 Å². The van der Waals surface area contributed by atoms with Crippen LogP contribution in [0.15, 0.2) is 42.5 Å². The highest BCUT2D eigenvalue weighted by atomic mass is 16.5. The van der Waals surface area contributed by atoms with Gasteiger partial charge in [-0.15, -0.1) is 0 Å². The number of nitrogens with zero attached hydrogens (tertiary/aromatic N) is 2. The van der Waals surface area contributed by atoms with Gasteiger partial charge in [0.2, 0.25) is 5.91 Å². The van der Waals surface area contributed by atoms with Crippen LogP contribution in [0.1, 0.15) is 18.1 Å². The molecule has 1 N–H and O–H groups in total. The van der Waals surface area contributed by atoms with E-state index in [1.165, 1.54) is 0 Å². The van der Waals surface area contributed by atoms with Gasteiger partial charge in [-0.3, -0.25) is 14.6 Å². The van der Waals surface area contributed by atoms with Gasteiger partial charge in [0, 0.05) is 38.4 Å². The van der Waals surface area contributed by atoms with Crippen molar-refractivity contribution in [3.05, 3.63) is 53.6 Å². The van der Waals surface area contributed by atoms with Gasteiger partial charge < -0.3 is 14.8 Å². The largest absolute Gasteiger partial charge is 0.494 e.